The molecule has 14 heteroatoms. The summed E-state index contributed by atoms with van der Waals surface area (Å²) in [7, 11) is 3.18. The molecule has 4 aromatic rings. The average molecular weight is 494 g/mol. The van der Waals surface area contributed by atoms with Crippen LogP contribution in [0.2, 0.25) is 0 Å². The molecule has 0 unspecified atom stereocenters. The van der Waals surface area contributed by atoms with E-state index in [1.54, 1.807) is 37.0 Å². The number of carbonyl (C=O) groups excluding carboxylic acids is 2. The van der Waals surface area contributed by atoms with E-state index in [0.29, 0.717) is 11.6 Å². The average Bonchev–Trinajstić information content (AvgIpc) is 3.53. The zero-order valence-corrected chi connectivity index (χ0v) is 19.5. The smallest absolute Gasteiger partial charge is 0.292 e. The lowest BCUT2D eigenvalue weighted by Crippen LogP contribution is -2.19. The molecule has 0 aliphatic carbocycles. The van der Waals surface area contributed by atoms with Gasteiger partial charge in [-0.15, -0.1) is 0 Å². The summed E-state index contributed by atoms with van der Waals surface area (Å²) in [5, 5.41) is 22.1. The molecule has 14 nitrogen and oxygen atoms in total. The fourth-order valence-electron chi connectivity index (χ4n) is 2.90. The Bertz CT molecular complexity index is 1370. The molecule has 0 bridgehead atoms. The van der Waals surface area contributed by atoms with E-state index in [-0.39, 0.29) is 41.2 Å². The zero-order chi connectivity index (χ0) is 25.7. The third-order valence-electron chi connectivity index (χ3n) is 4.62. The highest BCUT2D eigenvalue weighted by molar-refractivity contribution is 6.04. The number of carbonyl (C=O) groups is 2. The van der Waals surface area contributed by atoms with Crippen molar-refractivity contribution in [3.05, 3.63) is 54.2 Å². The molecule has 0 spiro atoms. The van der Waals surface area contributed by atoms with Crippen LogP contribution in [0.1, 0.15) is 27.9 Å². The van der Waals surface area contributed by atoms with E-state index in [0.717, 1.165) is 0 Å². The fraction of sp³-hybridized carbons (Fsp3) is 0.227. The molecule has 1 atom stereocenters. The Labute approximate surface area is 204 Å². The third kappa shape index (κ3) is 5.79. The summed E-state index contributed by atoms with van der Waals surface area (Å²) in [6.07, 6.45) is 3.83. The van der Waals surface area contributed by atoms with Gasteiger partial charge in [0.05, 0.1) is 19.0 Å². The molecule has 4 rings (SSSR count). The quantitative estimate of drug-likeness (QED) is 0.306. The molecule has 0 aliphatic rings. The van der Waals surface area contributed by atoms with Crippen molar-refractivity contribution in [2.75, 3.05) is 19.0 Å². The van der Waals surface area contributed by atoms with Crippen LogP contribution in [0.15, 0.2) is 47.4 Å². The minimum atomic E-state index is -0.514. The minimum Gasteiger partial charge on any atom is -0.488 e. The molecule has 36 heavy (non-hydrogen) atoms. The molecule has 3 N–H and O–H groups in total. The molecule has 3 heterocycles. The molecule has 0 saturated carbocycles. The number of benzene rings is 1. The van der Waals surface area contributed by atoms with Crippen molar-refractivity contribution in [3.63, 3.8) is 0 Å². The van der Waals surface area contributed by atoms with Gasteiger partial charge in [-0.1, -0.05) is 5.16 Å². The SMILES string of the molecule is CNC(=O)c1noc(-c2cnc(Oc3cc(O[C@@H](C)CO)cc(C(=O)Nc4ccn(C)n4)c3)cn2)n1. The van der Waals surface area contributed by atoms with Gasteiger partial charge in [0.1, 0.15) is 23.3 Å². The number of ether oxygens (including phenoxy) is 2. The van der Waals surface area contributed by atoms with Gasteiger partial charge < -0.3 is 29.7 Å². The Morgan fingerprint density at radius 3 is 2.64 bits per heavy atom. The summed E-state index contributed by atoms with van der Waals surface area (Å²) >= 11 is 0. The van der Waals surface area contributed by atoms with Crippen molar-refractivity contribution < 1.29 is 28.7 Å². The van der Waals surface area contributed by atoms with Crippen molar-refractivity contribution in [2.24, 2.45) is 7.05 Å². The first-order chi connectivity index (χ1) is 17.3. The van der Waals surface area contributed by atoms with Gasteiger partial charge >= 0.3 is 0 Å². The van der Waals surface area contributed by atoms with Crippen LogP contribution >= 0.6 is 0 Å². The summed E-state index contributed by atoms with van der Waals surface area (Å²) in [5.74, 6) is -0.0448. The molecule has 186 valence electrons. The van der Waals surface area contributed by atoms with Gasteiger partial charge in [-0.2, -0.15) is 10.1 Å². The van der Waals surface area contributed by atoms with Crippen molar-refractivity contribution >= 4 is 17.6 Å². The van der Waals surface area contributed by atoms with Gasteiger partial charge in [0.2, 0.25) is 5.88 Å². The molecule has 0 fully saturated rings. The lowest BCUT2D eigenvalue weighted by molar-refractivity contribution is 0.0949. The Balaban J connectivity index is 1.55. The molecule has 1 aromatic carbocycles. The fourth-order valence-corrected chi connectivity index (χ4v) is 2.90. The Kier molecular flexibility index (Phi) is 7.15. The predicted octanol–water partition coefficient (Wildman–Crippen LogP) is 1.42. The van der Waals surface area contributed by atoms with Crippen LogP contribution in [0.4, 0.5) is 5.82 Å². The minimum absolute atomic E-state index is 0.00881. The first-order valence-electron chi connectivity index (χ1n) is 10.6. The number of rotatable bonds is 9. The highest BCUT2D eigenvalue weighted by atomic mass is 16.5. The second-order valence-electron chi connectivity index (χ2n) is 7.48. The number of aryl methyl sites for hydroxylation is 1. The van der Waals surface area contributed by atoms with Crippen LogP contribution in [-0.4, -0.2) is 66.6 Å². The summed E-state index contributed by atoms with van der Waals surface area (Å²) in [5.41, 5.74) is 0.463. The van der Waals surface area contributed by atoms with Crippen LogP contribution in [-0.2, 0) is 7.05 Å². The van der Waals surface area contributed by atoms with Crippen LogP contribution in [0.5, 0.6) is 17.4 Å². The number of nitrogens with zero attached hydrogens (tertiary/aromatic N) is 6. The zero-order valence-electron chi connectivity index (χ0n) is 19.5. The monoisotopic (exact) mass is 494 g/mol. The Hall–Kier alpha value is -4.85. The maximum Gasteiger partial charge on any atom is 0.292 e. The molecule has 0 aliphatic heterocycles. The van der Waals surface area contributed by atoms with E-state index in [4.69, 9.17) is 14.0 Å². The third-order valence-corrected chi connectivity index (χ3v) is 4.62. The number of aromatic nitrogens is 6. The Morgan fingerprint density at radius 1 is 1.17 bits per heavy atom. The van der Waals surface area contributed by atoms with Crippen LogP contribution < -0.4 is 20.1 Å². The van der Waals surface area contributed by atoms with E-state index in [1.807, 2.05) is 0 Å². The van der Waals surface area contributed by atoms with E-state index in [1.165, 1.54) is 31.6 Å². The molecular weight excluding hydrogens is 472 g/mol. The highest BCUT2D eigenvalue weighted by Gasteiger charge is 2.17. The van der Waals surface area contributed by atoms with E-state index in [9.17, 15) is 14.7 Å². The number of hydrogen-bond donors (Lipinski definition) is 3. The second kappa shape index (κ2) is 10.6. The number of aliphatic hydroxyl groups excluding tert-OH is 1. The van der Waals surface area contributed by atoms with Crippen LogP contribution in [0, 0.1) is 0 Å². The number of hydrogen-bond acceptors (Lipinski definition) is 11. The summed E-state index contributed by atoms with van der Waals surface area (Å²) in [6, 6.07) is 6.22. The van der Waals surface area contributed by atoms with Crippen LogP contribution in [0.3, 0.4) is 0 Å². The molecular formula is C22H22N8O6. The number of anilines is 1. The topological polar surface area (TPSA) is 179 Å². The van der Waals surface area contributed by atoms with Crippen molar-refractivity contribution in [3.8, 4) is 29.0 Å². The largest absolute Gasteiger partial charge is 0.488 e. The van der Waals surface area contributed by atoms with Gasteiger partial charge in [-0.25, -0.2) is 9.97 Å². The number of amides is 2. The summed E-state index contributed by atoms with van der Waals surface area (Å²) in [4.78, 5) is 36.7. The highest BCUT2D eigenvalue weighted by Crippen LogP contribution is 2.28. The van der Waals surface area contributed by atoms with Gasteiger partial charge in [0, 0.05) is 38.0 Å². The van der Waals surface area contributed by atoms with Crippen molar-refractivity contribution in [1.82, 2.24) is 35.2 Å². The Morgan fingerprint density at radius 2 is 1.97 bits per heavy atom. The van der Waals surface area contributed by atoms with Gasteiger partial charge in [0.15, 0.2) is 5.82 Å². The summed E-state index contributed by atoms with van der Waals surface area (Å²) in [6.45, 7) is 1.46. The lowest BCUT2D eigenvalue weighted by atomic mass is 10.2. The lowest BCUT2D eigenvalue weighted by Gasteiger charge is -2.15. The summed E-state index contributed by atoms with van der Waals surface area (Å²) < 4.78 is 18.0. The standard InChI is InChI=1S/C22H22N8O6/c1-12(11-31)34-14-6-13(20(32)26-17-4-5-30(3)28-17)7-15(8-14)35-18-10-24-16(9-25-18)22-27-19(29-36-22)21(33)23-2/h4-10,12,31H,11H2,1-3H3,(H,23,33)(H,26,28,32)/t12-/m0/s1. The first-order valence-corrected chi connectivity index (χ1v) is 10.6. The van der Waals surface area contributed by atoms with E-state index < -0.39 is 17.9 Å². The van der Waals surface area contributed by atoms with Gasteiger partial charge in [0.25, 0.3) is 23.5 Å². The molecule has 0 radical (unpaired) electrons. The van der Waals surface area contributed by atoms with Gasteiger partial charge in [-0.05, 0) is 19.1 Å². The van der Waals surface area contributed by atoms with E-state index >= 15 is 0 Å². The second-order valence-corrected chi connectivity index (χ2v) is 7.48. The van der Waals surface area contributed by atoms with E-state index in [2.05, 4.69) is 35.8 Å². The van der Waals surface area contributed by atoms with Gasteiger partial charge in [-0.3, -0.25) is 14.3 Å². The molecule has 3 aromatic heterocycles. The molecule has 2 amide bonds. The normalized spacial score (nSPS) is 11.6. The maximum atomic E-state index is 12.8. The van der Waals surface area contributed by atoms with Crippen LogP contribution in [0.25, 0.3) is 11.6 Å². The van der Waals surface area contributed by atoms with Crippen molar-refractivity contribution in [2.45, 2.75) is 13.0 Å². The number of aliphatic hydroxyl groups is 1. The molecule has 0 saturated heterocycles. The first kappa shape index (κ1) is 24.3. The maximum absolute atomic E-state index is 12.8. The predicted molar refractivity (Wildman–Crippen MR) is 124 cm³/mol. The number of nitrogens with one attached hydrogen (secondary N) is 2. The van der Waals surface area contributed by atoms with Crippen molar-refractivity contribution in [1.29, 1.82) is 0 Å².